The minimum absolute atomic E-state index is 0.0898. The van der Waals surface area contributed by atoms with Gasteiger partial charge in [0.25, 0.3) is 0 Å². The number of hydrogen-bond acceptors (Lipinski definition) is 3. The van der Waals surface area contributed by atoms with E-state index < -0.39 is 0 Å². The standard InChI is InChI=1S/C17H20N4/c1-17(2,3)19-11-13-10-18-16(20-13)15-9-8-12-6-4-5-7-14(12)21-15/h4-10,19H,11H2,1-3H3,(H,18,20). The molecule has 2 N–H and O–H groups in total. The highest BCUT2D eigenvalue weighted by molar-refractivity contribution is 5.80. The summed E-state index contributed by atoms with van der Waals surface area (Å²) < 4.78 is 0. The van der Waals surface area contributed by atoms with E-state index in [0.29, 0.717) is 0 Å². The quantitative estimate of drug-likeness (QED) is 0.772. The number of H-pyrrole nitrogens is 1. The first-order chi connectivity index (χ1) is 10.0. The van der Waals surface area contributed by atoms with Gasteiger partial charge in [-0.15, -0.1) is 0 Å². The van der Waals surface area contributed by atoms with E-state index in [-0.39, 0.29) is 5.54 Å². The molecule has 0 saturated carbocycles. The first-order valence-corrected chi connectivity index (χ1v) is 7.16. The summed E-state index contributed by atoms with van der Waals surface area (Å²) >= 11 is 0. The Bertz CT molecular complexity index is 753. The Labute approximate surface area is 124 Å². The van der Waals surface area contributed by atoms with Crippen LogP contribution in [0.3, 0.4) is 0 Å². The highest BCUT2D eigenvalue weighted by Gasteiger charge is 2.10. The van der Waals surface area contributed by atoms with Crippen molar-refractivity contribution in [3.8, 4) is 11.5 Å². The minimum atomic E-state index is 0.0898. The lowest BCUT2D eigenvalue weighted by Gasteiger charge is -2.19. The monoisotopic (exact) mass is 280 g/mol. The highest BCUT2D eigenvalue weighted by atomic mass is 15.0. The van der Waals surface area contributed by atoms with Crippen molar-refractivity contribution in [2.24, 2.45) is 0 Å². The maximum Gasteiger partial charge on any atom is 0.156 e. The first kappa shape index (κ1) is 13.8. The van der Waals surface area contributed by atoms with E-state index >= 15 is 0 Å². The Morgan fingerprint density at radius 1 is 1.10 bits per heavy atom. The van der Waals surface area contributed by atoms with Crippen LogP contribution in [0, 0.1) is 0 Å². The van der Waals surface area contributed by atoms with Crippen molar-refractivity contribution >= 4 is 10.9 Å². The van der Waals surface area contributed by atoms with Crippen LogP contribution < -0.4 is 5.32 Å². The third-order valence-corrected chi connectivity index (χ3v) is 3.28. The predicted octanol–water partition coefficient (Wildman–Crippen LogP) is 3.51. The zero-order chi connectivity index (χ0) is 14.9. The molecule has 4 heteroatoms. The molecule has 0 spiro atoms. The molecule has 0 amide bonds. The van der Waals surface area contributed by atoms with Crippen LogP contribution in [-0.4, -0.2) is 20.5 Å². The Balaban J connectivity index is 1.84. The molecule has 2 aromatic heterocycles. The van der Waals surface area contributed by atoms with Crippen LogP contribution in [0.15, 0.2) is 42.6 Å². The van der Waals surface area contributed by atoms with Crippen molar-refractivity contribution in [2.75, 3.05) is 0 Å². The summed E-state index contributed by atoms with van der Waals surface area (Å²) in [6.07, 6.45) is 1.87. The Morgan fingerprint density at radius 2 is 1.90 bits per heavy atom. The van der Waals surface area contributed by atoms with Gasteiger partial charge in [0.15, 0.2) is 5.82 Å². The lowest BCUT2D eigenvalue weighted by atomic mass is 10.1. The molecule has 0 aliphatic carbocycles. The van der Waals surface area contributed by atoms with Crippen LogP contribution in [0.2, 0.25) is 0 Å². The number of benzene rings is 1. The number of aromatic nitrogens is 3. The van der Waals surface area contributed by atoms with E-state index in [4.69, 9.17) is 0 Å². The van der Waals surface area contributed by atoms with E-state index in [1.165, 1.54) is 0 Å². The fourth-order valence-electron chi connectivity index (χ4n) is 2.14. The average Bonchev–Trinajstić information content (AvgIpc) is 2.93. The van der Waals surface area contributed by atoms with Crippen LogP contribution in [0.5, 0.6) is 0 Å². The molecular formula is C17H20N4. The van der Waals surface area contributed by atoms with Gasteiger partial charge in [-0.05, 0) is 32.9 Å². The molecule has 3 aromatic rings. The second-order valence-corrected chi connectivity index (χ2v) is 6.25. The van der Waals surface area contributed by atoms with E-state index in [1.54, 1.807) is 0 Å². The Hall–Kier alpha value is -2.20. The summed E-state index contributed by atoms with van der Waals surface area (Å²) in [5.41, 5.74) is 3.01. The van der Waals surface area contributed by atoms with Gasteiger partial charge in [-0.25, -0.2) is 9.97 Å². The van der Waals surface area contributed by atoms with Gasteiger partial charge in [0.1, 0.15) is 5.69 Å². The Kier molecular flexibility index (Phi) is 3.47. The summed E-state index contributed by atoms with van der Waals surface area (Å²) in [6.45, 7) is 7.21. The molecular weight excluding hydrogens is 260 g/mol. The summed E-state index contributed by atoms with van der Waals surface area (Å²) in [4.78, 5) is 12.4. The summed E-state index contributed by atoms with van der Waals surface area (Å²) in [6, 6.07) is 12.2. The van der Waals surface area contributed by atoms with Crippen LogP contribution >= 0.6 is 0 Å². The molecule has 0 atom stereocenters. The Morgan fingerprint density at radius 3 is 2.71 bits per heavy atom. The van der Waals surface area contributed by atoms with Crippen molar-refractivity contribution in [3.63, 3.8) is 0 Å². The number of rotatable bonds is 3. The van der Waals surface area contributed by atoms with E-state index in [9.17, 15) is 0 Å². The average molecular weight is 280 g/mol. The third-order valence-electron chi connectivity index (χ3n) is 3.28. The molecule has 0 radical (unpaired) electrons. The van der Waals surface area contributed by atoms with Gasteiger partial charge in [-0.3, -0.25) is 0 Å². The van der Waals surface area contributed by atoms with Gasteiger partial charge in [-0.2, -0.15) is 0 Å². The topological polar surface area (TPSA) is 53.6 Å². The molecule has 0 aliphatic rings. The first-order valence-electron chi connectivity index (χ1n) is 7.16. The fraction of sp³-hybridized carbons (Fsp3) is 0.294. The molecule has 0 fully saturated rings. The van der Waals surface area contributed by atoms with Gasteiger partial charge in [0.05, 0.1) is 11.7 Å². The second-order valence-electron chi connectivity index (χ2n) is 6.25. The molecule has 4 nitrogen and oxygen atoms in total. The van der Waals surface area contributed by atoms with Crippen molar-refractivity contribution in [1.82, 2.24) is 20.3 Å². The zero-order valence-corrected chi connectivity index (χ0v) is 12.6. The lowest BCUT2D eigenvalue weighted by molar-refractivity contribution is 0.422. The molecule has 108 valence electrons. The van der Waals surface area contributed by atoms with Gasteiger partial charge in [0.2, 0.25) is 0 Å². The van der Waals surface area contributed by atoms with Gasteiger partial charge in [-0.1, -0.05) is 24.3 Å². The van der Waals surface area contributed by atoms with Gasteiger partial charge >= 0.3 is 0 Å². The third kappa shape index (κ3) is 3.28. The molecule has 3 rings (SSSR count). The number of hydrogen-bond donors (Lipinski definition) is 2. The van der Waals surface area contributed by atoms with Crippen molar-refractivity contribution in [2.45, 2.75) is 32.9 Å². The van der Waals surface area contributed by atoms with Crippen molar-refractivity contribution < 1.29 is 0 Å². The lowest BCUT2D eigenvalue weighted by Crippen LogP contribution is -2.35. The minimum Gasteiger partial charge on any atom is -0.339 e. The van der Waals surface area contributed by atoms with Crippen LogP contribution in [-0.2, 0) is 6.54 Å². The molecule has 0 saturated heterocycles. The molecule has 2 heterocycles. The van der Waals surface area contributed by atoms with Crippen LogP contribution in [0.25, 0.3) is 22.4 Å². The van der Waals surface area contributed by atoms with E-state index in [0.717, 1.165) is 34.7 Å². The van der Waals surface area contributed by atoms with Crippen LogP contribution in [0.4, 0.5) is 0 Å². The molecule has 0 aliphatic heterocycles. The van der Waals surface area contributed by atoms with Gasteiger partial charge in [0, 0.05) is 23.2 Å². The number of imidazole rings is 1. The molecule has 21 heavy (non-hydrogen) atoms. The van der Waals surface area contributed by atoms with E-state index in [2.05, 4.69) is 53.2 Å². The van der Waals surface area contributed by atoms with Crippen LogP contribution in [0.1, 0.15) is 26.5 Å². The number of nitrogens with zero attached hydrogens (tertiary/aromatic N) is 2. The number of pyridine rings is 1. The normalized spacial score (nSPS) is 12.0. The summed E-state index contributed by atoms with van der Waals surface area (Å²) in [5.74, 6) is 0.812. The highest BCUT2D eigenvalue weighted by Crippen LogP contribution is 2.18. The van der Waals surface area contributed by atoms with Crippen molar-refractivity contribution in [1.29, 1.82) is 0 Å². The zero-order valence-electron chi connectivity index (χ0n) is 12.6. The van der Waals surface area contributed by atoms with E-state index in [1.807, 2.05) is 30.5 Å². The fourth-order valence-corrected chi connectivity index (χ4v) is 2.14. The number of fused-ring (bicyclic) bond motifs is 1. The number of aromatic amines is 1. The SMILES string of the molecule is CC(C)(C)NCc1cnc(-c2ccc3ccccc3n2)[nH]1. The van der Waals surface area contributed by atoms with Gasteiger partial charge < -0.3 is 10.3 Å². The van der Waals surface area contributed by atoms with Crippen molar-refractivity contribution in [3.05, 3.63) is 48.3 Å². The second kappa shape index (κ2) is 5.30. The maximum absolute atomic E-state index is 4.65. The summed E-state index contributed by atoms with van der Waals surface area (Å²) in [7, 11) is 0. The number of para-hydroxylation sites is 1. The predicted molar refractivity (Wildman–Crippen MR) is 85.9 cm³/mol. The molecule has 1 aromatic carbocycles. The molecule has 0 unspecified atom stereocenters. The largest absolute Gasteiger partial charge is 0.339 e. The summed E-state index contributed by atoms with van der Waals surface area (Å²) in [5, 5.41) is 4.58. The smallest absolute Gasteiger partial charge is 0.156 e. The maximum atomic E-state index is 4.65. The number of nitrogens with one attached hydrogen (secondary N) is 2. The molecule has 0 bridgehead atoms.